The average molecular weight is 291 g/mol. The lowest BCUT2D eigenvalue weighted by Gasteiger charge is -2.06. The van der Waals surface area contributed by atoms with Gasteiger partial charge in [0, 0.05) is 17.5 Å². The smallest absolute Gasteiger partial charge is 0.225 e. The number of carbonyl (C=O) groups excluding carboxylic acids is 1. The molecule has 0 aliphatic rings. The maximum Gasteiger partial charge on any atom is 0.225 e. The summed E-state index contributed by atoms with van der Waals surface area (Å²) in [4.78, 5) is 12.5. The van der Waals surface area contributed by atoms with E-state index in [1.165, 1.54) is 0 Å². The molecule has 0 aromatic carbocycles. The van der Waals surface area contributed by atoms with Gasteiger partial charge >= 0.3 is 0 Å². The van der Waals surface area contributed by atoms with E-state index in [2.05, 4.69) is 21.2 Å². The molecule has 0 aliphatic carbocycles. The molecular weight excluding hydrogens is 276 g/mol. The monoisotopic (exact) mass is 290 g/mol. The van der Waals surface area contributed by atoms with Gasteiger partial charge in [0.2, 0.25) is 5.91 Å². The summed E-state index contributed by atoms with van der Waals surface area (Å²) in [6.07, 6.45) is 1.27. The van der Waals surface area contributed by atoms with Crippen LogP contribution >= 0.6 is 27.3 Å². The first kappa shape index (κ1) is 12.7. The Morgan fingerprint density at radius 1 is 1.67 bits per heavy atom. The maximum atomic E-state index is 11.4. The Kier molecular flexibility index (Phi) is 5.28. The van der Waals surface area contributed by atoms with Crippen LogP contribution in [0.2, 0.25) is 0 Å². The fourth-order valence-corrected chi connectivity index (χ4v) is 2.59. The molecule has 0 aliphatic heterocycles. The molecule has 3 N–H and O–H groups in total. The van der Waals surface area contributed by atoms with Crippen molar-refractivity contribution in [2.75, 3.05) is 6.54 Å². The number of thiophene rings is 1. The van der Waals surface area contributed by atoms with Crippen molar-refractivity contribution in [3.05, 3.63) is 20.8 Å². The zero-order valence-electron chi connectivity index (χ0n) is 8.63. The molecular formula is C10H15BrN2OS. The van der Waals surface area contributed by atoms with Gasteiger partial charge in [-0.2, -0.15) is 0 Å². The Labute approximate surface area is 102 Å². The fraction of sp³-hybridized carbons (Fsp3) is 0.500. The van der Waals surface area contributed by atoms with Gasteiger partial charge in [0.15, 0.2) is 0 Å². The molecule has 1 atom stereocenters. The number of hydrogen-bond acceptors (Lipinski definition) is 3. The van der Waals surface area contributed by atoms with Gasteiger partial charge in [0.25, 0.3) is 0 Å². The van der Waals surface area contributed by atoms with Crippen molar-refractivity contribution in [1.82, 2.24) is 5.32 Å². The number of halogens is 1. The topological polar surface area (TPSA) is 55.1 Å². The Morgan fingerprint density at radius 3 is 2.93 bits per heavy atom. The third-order valence-electron chi connectivity index (χ3n) is 1.89. The molecule has 5 heteroatoms. The molecule has 0 fully saturated rings. The molecule has 1 unspecified atom stereocenters. The Morgan fingerprint density at radius 2 is 2.40 bits per heavy atom. The molecule has 15 heavy (non-hydrogen) atoms. The van der Waals surface area contributed by atoms with Gasteiger partial charge in [-0.1, -0.05) is 0 Å². The van der Waals surface area contributed by atoms with Crippen molar-refractivity contribution in [3.8, 4) is 0 Å². The van der Waals surface area contributed by atoms with Crippen molar-refractivity contribution >= 4 is 33.2 Å². The normalized spacial score (nSPS) is 12.5. The number of hydrogen-bond donors (Lipinski definition) is 2. The summed E-state index contributed by atoms with van der Waals surface area (Å²) in [7, 11) is 0. The number of rotatable bonds is 5. The summed E-state index contributed by atoms with van der Waals surface area (Å²) in [6, 6.07) is 4.05. The van der Waals surface area contributed by atoms with Gasteiger partial charge in [-0.05, 0) is 41.4 Å². The van der Waals surface area contributed by atoms with Crippen LogP contribution in [0.15, 0.2) is 15.9 Å². The lowest BCUT2D eigenvalue weighted by atomic mass is 10.2. The van der Waals surface area contributed by atoms with Crippen LogP contribution in [0.4, 0.5) is 0 Å². The van der Waals surface area contributed by atoms with Gasteiger partial charge < -0.3 is 11.1 Å². The summed E-state index contributed by atoms with van der Waals surface area (Å²) >= 11 is 4.95. The highest BCUT2D eigenvalue weighted by Crippen LogP contribution is 2.22. The minimum absolute atomic E-state index is 0.0602. The third-order valence-corrected chi connectivity index (χ3v) is 3.51. The Balaban J connectivity index is 2.24. The van der Waals surface area contributed by atoms with Crippen LogP contribution in [0, 0.1) is 0 Å². The lowest BCUT2D eigenvalue weighted by molar-refractivity contribution is -0.120. The summed E-state index contributed by atoms with van der Waals surface area (Å²) in [5.74, 6) is 0.0602. The van der Waals surface area contributed by atoms with E-state index in [-0.39, 0.29) is 11.9 Å². The lowest BCUT2D eigenvalue weighted by Crippen LogP contribution is -2.29. The minimum Gasteiger partial charge on any atom is -0.356 e. The summed E-state index contributed by atoms with van der Waals surface area (Å²) in [6.45, 7) is 2.59. The van der Waals surface area contributed by atoms with Crippen molar-refractivity contribution in [2.45, 2.75) is 25.8 Å². The molecule has 0 radical (unpaired) electrons. The molecule has 1 aromatic rings. The highest BCUT2D eigenvalue weighted by atomic mass is 79.9. The second kappa shape index (κ2) is 6.25. The van der Waals surface area contributed by atoms with E-state index in [9.17, 15) is 4.79 Å². The molecule has 1 rings (SSSR count). The predicted molar refractivity (Wildman–Crippen MR) is 67.0 cm³/mol. The van der Waals surface area contributed by atoms with Gasteiger partial charge in [-0.3, -0.25) is 4.79 Å². The van der Waals surface area contributed by atoms with Crippen molar-refractivity contribution in [2.24, 2.45) is 5.73 Å². The summed E-state index contributed by atoms with van der Waals surface area (Å²) in [5.41, 5.74) is 5.58. The third kappa shape index (κ3) is 5.30. The first-order chi connectivity index (χ1) is 7.08. The van der Waals surface area contributed by atoms with E-state index in [0.29, 0.717) is 13.0 Å². The first-order valence-electron chi connectivity index (χ1n) is 4.84. The van der Waals surface area contributed by atoms with Crippen LogP contribution in [0.1, 0.15) is 18.2 Å². The number of carbonyl (C=O) groups is 1. The molecule has 0 saturated heterocycles. The van der Waals surface area contributed by atoms with Crippen LogP contribution in [-0.2, 0) is 11.2 Å². The minimum atomic E-state index is 0.0602. The summed E-state index contributed by atoms with van der Waals surface area (Å²) < 4.78 is 1.06. The van der Waals surface area contributed by atoms with E-state index in [1.807, 2.05) is 19.1 Å². The quantitative estimate of drug-likeness (QED) is 0.870. The standard InChI is InChI=1S/C10H15BrN2OS/c1-7(12)4-5-13-10(14)6-8-2-3-9(11)15-8/h2-3,7H,4-6,12H2,1H3,(H,13,14). The molecule has 1 aromatic heterocycles. The zero-order chi connectivity index (χ0) is 11.3. The van der Waals surface area contributed by atoms with Crippen LogP contribution < -0.4 is 11.1 Å². The number of amides is 1. The second-order valence-electron chi connectivity index (χ2n) is 3.50. The Hall–Kier alpha value is -0.390. The fourth-order valence-electron chi connectivity index (χ4n) is 1.11. The van der Waals surface area contributed by atoms with E-state index in [1.54, 1.807) is 11.3 Å². The Bertz CT molecular complexity index is 325. The van der Waals surface area contributed by atoms with E-state index in [0.717, 1.165) is 15.1 Å². The van der Waals surface area contributed by atoms with Crippen LogP contribution in [0.25, 0.3) is 0 Å². The van der Waals surface area contributed by atoms with Crippen molar-refractivity contribution in [3.63, 3.8) is 0 Å². The van der Waals surface area contributed by atoms with Gasteiger partial charge in [-0.15, -0.1) is 11.3 Å². The molecule has 1 heterocycles. The molecule has 3 nitrogen and oxygen atoms in total. The SMILES string of the molecule is CC(N)CCNC(=O)Cc1ccc(Br)s1. The number of nitrogens with one attached hydrogen (secondary N) is 1. The van der Waals surface area contributed by atoms with Gasteiger partial charge in [-0.25, -0.2) is 0 Å². The predicted octanol–water partition coefficient (Wildman–Crippen LogP) is 1.91. The van der Waals surface area contributed by atoms with Crippen molar-refractivity contribution < 1.29 is 4.79 Å². The molecule has 84 valence electrons. The highest BCUT2D eigenvalue weighted by molar-refractivity contribution is 9.11. The van der Waals surface area contributed by atoms with Crippen LogP contribution in [0.3, 0.4) is 0 Å². The van der Waals surface area contributed by atoms with Crippen LogP contribution in [-0.4, -0.2) is 18.5 Å². The van der Waals surface area contributed by atoms with E-state index >= 15 is 0 Å². The molecule has 0 spiro atoms. The van der Waals surface area contributed by atoms with Gasteiger partial charge in [0.05, 0.1) is 10.2 Å². The van der Waals surface area contributed by atoms with E-state index in [4.69, 9.17) is 5.73 Å². The second-order valence-corrected chi connectivity index (χ2v) is 6.05. The zero-order valence-corrected chi connectivity index (χ0v) is 11.0. The largest absolute Gasteiger partial charge is 0.356 e. The molecule has 1 amide bonds. The number of nitrogens with two attached hydrogens (primary N) is 1. The van der Waals surface area contributed by atoms with E-state index < -0.39 is 0 Å². The maximum absolute atomic E-state index is 11.4. The molecule has 0 bridgehead atoms. The average Bonchev–Trinajstić information content (AvgIpc) is 2.50. The van der Waals surface area contributed by atoms with Crippen LogP contribution in [0.5, 0.6) is 0 Å². The van der Waals surface area contributed by atoms with Crippen molar-refractivity contribution in [1.29, 1.82) is 0 Å². The summed E-state index contributed by atoms with van der Waals surface area (Å²) in [5, 5.41) is 2.84. The van der Waals surface area contributed by atoms with Gasteiger partial charge in [0.1, 0.15) is 0 Å². The molecule has 0 saturated carbocycles. The first-order valence-corrected chi connectivity index (χ1v) is 6.45. The highest BCUT2D eigenvalue weighted by Gasteiger charge is 2.05.